The number of benzene rings is 1. The van der Waals surface area contributed by atoms with Crippen LogP contribution in [0.25, 0.3) is 0 Å². The molecule has 1 amide bonds. The number of methoxy groups -OCH3 is 1. The highest BCUT2D eigenvalue weighted by molar-refractivity contribution is 5.79. The van der Waals surface area contributed by atoms with Gasteiger partial charge in [0.15, 0.2) is 0 Å². The van der Waals surface area contributed by atoms with Gasteiger partial charge in [-0.15, -0.1) is 0 Å². The number of hydrogen-bond acceptors (Lipinski definition) is 3. The smallest absolute Gasteiger partial charge is 0.225 e. The van der Waals surface area contributed by atoms with E-state index in [1.807, 2.05) is 31.2 Å². The van der Waals surface area contributed by atoms with Gasteiger partial charge in [0.25, 0.3) is 0 Å². The van der Waals surface area contributed by atoms with Gasteiger partial charge in [0.1, 0.15) is 5.75 Å². The molecule has 1 aliphatic heterocycles. The molecule has 1 heterocycles. The summed E-state index contributed by atoms with van der Waals surface area (Å²) in [5.74, 6) is 1.97. The molecule has 0 saturated heterocycles. The maximum absolute atomic E-state index is 12.7. The van der Waals surface area contributed by atoms with Crippen molar-refractivity contribution in [3.8, 4) is 5.75 Å². The first-order valence-electron chi connectivity index (χ1n) is 11.2. The van der Waals surface area contributed by atoms with Crippen molar-refractivity contribution in [1.29, 1.82) is 0 Å². The summed E-state index contributed by atoms with van der Waals surface area (Å²) in [5, 5.41) is 3.12. The maximum Gasteiger partial charge on any atom is 0.225 e. The predicted octanol–water partition coefficient (Wildman–Crippen LogP) is 5.52. The first-order chi connectivity index (χ1) is 14.0. The SMILES string of the molecule is CC[C@@H]1CCCNC(=O)[C@H](C)[C@@H](OCc2ccc(OC)cc2)/C=C/[C@H](C)CCC1. The molecule has 0 saturated carbocycles. The minimum Gasteiger partial charge on any atom is -0.497 e. The molecule has 0 aromatic heterocycles. The molecule has 0 spiro atoms. The lowest BCUT2D eigenvalue weighted by Crippen LogP contribution is -2.37. The molecular weight excluding hydrogens is 362 g/mol. The van der Waals surface area contributed by atoms with Crippen LogP contribution in [0.1, 0.15) is 64.9 Å². The molecule has 29 heavy (non-hydrogen) atoms. The third-order valence-corrected chi connectivity index (χ3v) is 6.07. The summed E-state index contributed by atoms with van der Waals surface area (Å²) in [6.45, 7) is 7.73. The van der Waals surface area contributed by atoms with Gasteiger partial charge in [-0.25, -0.2) is 0 Å². The Morgan fingerprint density at radius 3 is 2.45 bits per heavy atom. The lowest BCUT2D eigenvalue weighted by atomic mass is 9.91. The van der Waals surface area contributed by atoms with Crippen LogP contribution >= 0.6 is 0 Å². The fourth-order valence-corrected chi connectivity index (χ4v) is 3.87. The van der Waals surface area contributed by atoms with E-state index in [0.29, 0.717) is 12.5 Å². The molecule has 1 aromatic carbocycles. The minimum absolute atomic E-state index is 0.0761. The maximum atomic E-state index is 12.7. The number of rotatable bonds is 5. The zero-order valence-electron chi connectivity index (χ0n) is 18.7. The van der Waals surface area contributed by atoms with Crippen LogP contribution in [0.2, 0.25) is 0 Å². The van der Waals surface area contributed by atoms with E-state index in [1.54, 1.807) is 7.11 Å². The van der Waals surface area contributed by atoms with Crippen molar-refractivity contribution in [1.82, 2.24) is 5.32 Å². The summed E-state index contributed by atoms with van der Waals surface area (Å²) in [4.78, 5) is 12.7. The Hall–Kier alpha value is -1.81. The Bertz CT molecular complexity index is 625. The lowest BCUT2D eigenvalue weighted by molar-refractivity contribution is -0.128. The molecule has 162 valence electrons. The summed E-state index contributed by atoms with van der Waals surface area (Å²) in [6, 6.07) is 7.87. The van der Waals surface area contributed by atoms with Crippen molar-refractivity contribution in [2.45, 2.75) is 72.0 Å². The second-order valence-corrected chi connectivity index (χ2v) is 8.41. The number of allylic oxidation sites excluding steroid dienone is 1. The summed E-state index contributed by atoms with van der Waals surface area (Å²) in [7, 11) is 1.66. The molecule has 0 aliphatic carbocycles. The van der Waals surface area contributed by atoms with Gasteiger partial charge in [0.2, 0.25) is 5.91 Å². The molecule has 0 radical (unpaired) electrons. The van der Waals surface area contributed by atoms with Gasteiger partial charge in [-0.05, 0) is 48.8 Å². The molecule has 0 fully saturated rings. The van der Waals surface area contributed by atoms with Crippen LogP contribution in [0.5, 0.6) is 5.75 Å². The third kappa shape index (κ3) is 8.22. The number of carbonyl (C=O) groups excluding carboxylic acids is 1. The normalized spacial score (nSPS) is 28.2. The van der Waals surface area contributed by atoms with Gasteiger partial charge in [-0.2, -0.15) is 0 Å². The first kappa shape index (κ1) is 23.5. The molecule has 1 aromatic rings. The van der Waals surface area contributed by atoms with Gasteiger partial charge in [0.05, 0.1) is 25.7 Å². The quantitative estimate of drug-likeness (QED) is 0.661. The Balaban J connectivity index is 2.04. The lowest BCUT2D eigenvalue weighted by Gasteiger charge is -2.23. The monoisotopic (exact) mass is 401 g/mol. The van der Waals surface area contributed by atoms with Crippen LogP contribution in [-0.4, -0.2) is 25.7 Å². The van der Waals surface area contributed by atoms with E-state index in [4.69, 9.17) is 9.47 Å². The molecule has 4 nitrogen and oxygen atoms in total. The third-order valence-electron chi connectivity index (χ3n) is 6.07. The fraction of sp³-hybridized carbons (Fsp3) is 0.640. The predicted molar refractivity (Wildman–Crippen MR) is 119 cm³/mol. The topological polar surface area (TPSA) is 47.6 Å². The highest BCUT2D eigenvalue weighted by Crippen LogP contribution is 2.22. The van der Waals surface area contributed by atoms with E-state index in [1.165, 1.54) is 32.1 Å². The highest BCUT2D eigenvalue weighted by Gasteiger charge is 2.23. The number of hydrogen-bond donors (Lipinski definition) is 1. The van der Waals surface area contributed by atoms with Crippen molar-refractivity contribution in [3.05, 3.63) is 42.0 Å². The fourth-order valence-electron chi connectivity index (χ4n) is 3.87. The molecule has 2 rings (SSSR count). The Morgan fingerprint density at radius 1 is 1.03 bits per heavy atom. The molecule has 0 bridgehead atoms. The zero-order valence-corrected chi connectivity index (χ0v) is 18.7. The van der Waals surface area contributed by atoms with E-state index >= 15 is 0 Å². The summed E-state index contributed by atoms with van der Waals surface area (Å²) in [5.41, 5.74) is 1.07. The van der Waals surface area contributed by atoms with Gasteiger partial charge in [0, 0.05) is 6.54 Å². The van der Waals surface area contributed by atoms with Crippen molar-refractivity contribution in [2.24, 2.45) is 17.8 Å². The van der Waals surface area contributed by atoms with Gasteiger partial charge in [-0.3, -0.25) is 4.79 Å². The van der Waals surface area contributed by atoms with Crippen LogP contribution in [-0.2, 0) is 16.1 Å². The van der Waals surface area contributed by atoms with Crippen molar-refractivity contribution in [3.63, 3.8) is 0 Å². The Morgan fingerprint density at radius 2 is 1.76 bits per heavy atom. The number of carbonyl (C=O) groups is 1. The first-order valence-corrected chi connectivity index (χ1v) is 11.2. The Labute approximate surface area is 177 Å². The molecular formula is C25H39NO3. The van der Waals surface area contributed by atoms with E-state index in [-0.39, 0.29) is 17.9 Å². The van der Waals surface area contributed by atoms with Gasteiger partial charge >= 0.3 is 0 Å². The number of amides is 1. The average Bonchev–Trinajstić information content (AvgIpc) is 2.74. The van der Waals surface area contributed by atoms with E-state index < -0.39 is 0 Å². The second-order valence-electron chi connectivity index (χ2n) is 8.41. The summed E-state index contributed by atoms with van der Waals surface area (Å²) in [6.07, 6.45) is 11.3. The number of ether oxygens (including phenoxy) is 2. The van der Waals surface area contributed by atoms with E-state index in [9.17, 15) is 4.79 Å². The van der Waals surface area contributed by atoms with Crippen molar-refractivity contribution < 1.29 is 14.3 Å². The van der Waals surface area contributed by atoms with Crippen molar-refractivity contribution >= 4 is 5.91 Å². The zero-order chi connectivity index (χ0) is 21.1. The van der Waals surface area contributed by atoms with E-state index in [0.717, 1.165) is 30.2 Å². The van der Waals surface area contributed by atoms with Crippen LogP contribution in [0.3, 0.4) is 0 Å². The summed E-state index contributed by atoms with van der Waals surface area (Å²) < 4.78 is 11.4. The second kappa shape index (κ2) is 12.7. The van der Waals surface area contributed by atoms with Gasteiger partial charge < -0.3 is 14.8 Å². The van der Waals surface area contributed by atoms with E-state index in [2.05, 4.69) is 31.3 Å². The largest absolute Gasteiger partial charge is 0.497 e. The Kier molecular flexibility index (Phi) is 10.3. The van der Waals surface area contributed by atoms with Crippen LogP contribution in [0.4, 0.5) is 0 Å². The molecule has 4 atom stereocenters. The minimum atomic E-state index is -0.231. The standard InChI is InChI=1S/C25H39NO3/c1-5-21-9-6-8-19(2)11-16-24(20(3)25(27)26-17-7-10-21)29-18-22-12-14-23(28-4)15-13-22/h11-16,19-21,24H,5-10,17-18H2,1-4H3,(H,26,27)/b16-11+/t19-,20-,21+,24+/m1/s1. The number of nitrogens with one attached hydrogen (secondary N) is 1. The molecule has 4 heteroatoms. The van der Waals surface area contributed by atoms with Crippen LogP contribution < -0.4 is 10.1 Å². The van der Waals surface area contributed by atoms with Gasteiger partial charge in [-0.1, -0.05) is 64.3 Å². The molecule has 1 N–H and O–H groups in total. The van der Waals surface area contributed by atoms with Crippen LogP contribution in [0.15, 0.2) is 36.4 Å². The molecule has 0 unspecified atom stereocenters. The molecule has 1 aliphatic rings. The highest BCUT2D eigenvalue weighted by atomic mass is 16.5. The average molecular weight is 402 g/mol. The van der Waals surface area contributed by atoms with Crippen molar-refractivity contribution in [2.75, 3.05) is 13.7 Å². The summed E-state index contributed by atoms with van der Waals surface area (Å²) >= 11 is 0. The van der Waals surface area contributed by atoms with Crippen LogP contribution in [0, 0.1) is 17.8 Å².